The van der Waals surface area contributed by atoms with E-state index in [1.54, 1.807) is 6.20 Å². The summed E-state index contributed by atoms with van der Waals surface area (Å²) >= 11 is 0. The Kier molecular flexibility index (Phi) is 4.75. The third-order valence-electron chi connectivity index (χ3n) is 3.36. The van der Waals surface area contributed by atoms with Gasteiger partial charge in [-0.15, -0.1) is 0 Å². The number of amides is 1. The van der Waals surface area contributed by atoms with Gasteiger partial charge in [0.1, 0.15) is 0 Å². The van der Waals surface area contributed by atoms with Crippen molar-refractivity contribution in [2.45, 2.75) is 26.3 Å². The summed E-state index contributed by atoms with van der Waals surface area (Å²) in [6.07, 6.45) is 5.63. The molecular weight excluding hydrogens is 228 g/mol. The van der Waals surface area contributed by atoms with Crippen molar-refractivity contribution >= 4 is 5.91 Å². The fraction of sp³-hybridized carbons (Fsp3) is 0.692. The standard InChI is InChI=1S/C13H22N4O/c1-11-8-12(10-14-9-11)13(18)15-4-2-6-17-7-3-5-16-17/h3,5,7,11-12,14H,2,4,6,8-10H2,1H3,(H,15,18). The first-order valence-electron chi connectivity index (χ1n) is 6.71. The van der Waals surface area contributed by atoms with Crippen molar-refractivity contribution in [1.29, 1.82) is 0 Å². The Morgan fingerprint density at radius 3 is 3.17 bits per heavy atom. The van der Waals surface area contributed by atoms with E-state index in [2.05, 4.69) is 22.7 Å². The summed E-state index contributed by atoms with van der Waals surface area (Å²) in [6.45, 7) is 5.61. The van der Waals surface area contributed by atoms with Crippen molar-refractivity contribution in [3.05, 3.63) is 18.5 Å². The van der Waals surface area contributed by atoms with Crippen molar-refractivity contribution in [2.75, 3.05) is 19.6 Å². The minimum absolute atomic E-state index is 0.137. The zero-order valence-corrected chi connectivity index (χ0v) is 10.9. The molecule has 0 aliphatic carbocycles. The number of piperidine rings is 1. The highest BCUT2D eigenvalue weighted by Gasteiger charge is 2.24. The molecule has 1 aliphatic heterocycles. The first kappa shape index (κ1) is 13.1. The number of carbonyl (C=O) groups is 1. The average Bonchev–Trinajstić information content (AvgIpc) is 2.87. The summed E-state index contributed by atoms with van der Waals surface area (Å²) < 4.78 is 1.89. The van der Waals surface area contributed by atoms with Gasteiger partial charge in [0.15, 0.2) is 0 Å². The first-order valence-corrected chi connectivity index (χ1v) is 6.71. The lowest BCUT2D eigenvalue weighted by Crippen LogP contribution is -2.43. The van der Waals surface area contributed by atoms with Gasteiger partial charge in [-0.2, -0.15) is 5.10 Å². The Bertz CT molecular complexity index is 363. The van der Waals surface area contributed by atoms with Gasteiger partial charge in [0.05, 0.1) is 5.92 Å². The van der Waals surface area contributed by atoms with E-state index in [1.807, 2.05) is 16.9 Å². The quantitative estimate of drug-likeness (QED) is 0.754. The van der Waals surface area contributed by atoms with Crippen molar-refractivity contribution in [3.63, 3.8) is 0 Å². The van der Waals surface area contributed by atoms with E-state index in [9.17, 15) is 4.79 Å². The molecule has 1 amide bonds. The van der Waals surface area contributed by atoms with E-state index in [0.29, 0.717) is 5.92 Å². The van der Waals surface area contributed by atoms with Crippen molar-refractivity contribution in [3.8, 4) is 0 Å². The van der Waals surface area contributed by atoms with Crippen LogP contribution in [-0.2, 0) is 11.3 Å². The Morgan fingerprint density at radius 2 is 2.44 bits per heavy atom. The Balaban J connectivity index is 1.62. The van der Waals surface area contributed by atoms with E-state index in [4.69, 9.17) is 0 Å². The Hall–Kier alpha value is -1.36. The van der Waals surface area contributed by atoms with E-state index < -0.39 is 0 Å². The molecule has 5 heteroatoms. The summed E-state index contributed by atoms with van der Waals surface area (Å²) in [4.78, 5) is 11.9. The predicted molar refractivity (Wildman–Crippen MR) is 70.0 cm³/mol. The highest BCUT2D eigenvalue weighted by Crippen LogP contribution is 2.15. The van der Waals surface area contributed by atoms with E-state index in [0.717, 1.165) is 39.0 Å². The van der Waals surface area contributed by atoms with Crippen LogP contribution in [0, 0.1) is 11.8 Å². The highest BCUT2D eigenvalue weighted by atomic mass is 16.1. The van der Waals surface area contributed by atoms with Crippen LogP contribution in [-0.4, -0.2) is 35.3 Å². The predicted octanol–water partition coefficient (Wildman–Crippen LogP) is 0.635. The van der Waals surface area contributed by atoms with Crippen LogP contribution in [0.1, 0.15) is 19.8 Å². The molecule has 0 spiro atoms. The lowest BCUT2D eigenvalue weighted by Gasteiger charge is -2.26. The van der Waals surface area contributed by atoms with Crippen LogP contribution in [0.2, 0.25) is 0 Å². The van der Waals surface area contributed by atoms with Gasteiger partial charge in [0.2, 0.25) is 5.91 Å². The first-order chi connectivity index (χ1) is 8.75. The van der Waals surface area contributed by atoms with E-state index >= 15 is 0 Å². The molecular formula is C13H22N4O. The number of hydrogen-bond acceptors (Lipinski definition) is 3. The van der Waals surface area contributed by atoms with Crippen LogP contribution in [0.3, 0.4) is 0 Å². The number of carbonyl (C=O) groups excluding carboxylic acids is 1. The van der Waals surface area contributed by atoms with Crippen LogP contribution in [0.25, 0.3) is 0 Å². The average molecular weight is 250 g/mol. The zero-order chi connectivity index (χ0) is 12.8. The van der Waals surface area contributed by atoms with Crippen molar-refractivity contribution in [1.82, 2.24) is 20.4 Å². The summed E-state index contributed by atoms with van der Waals surface area (Å²) in [7, 11) is 0. The third kappa shape index (κ3) is 3.84. The van der Waals surface area contributed by atoms with Crippen LogP contribution in [0.5, 0.6) is 0 Å². The van der Waals surface area contributed by atoms with Gasteiger partial charge in [0.25, 0.3) is 0 Å². The molecule has 2 unspecified atom stereocenters. The minimum Gasteiger partial charge on any atom is -0.356 e. The van der Waals surface area contributed by atoms with Gasteiger partial charge in [-0.25, -0.2) is 0 Å². The van der Waals surface area contributed by atoms with E-state index in [-0.39, 0.29) is 11.8 Å². The molecule has 0 saturated carbocycles. The lowest BCUT2D eigenvalue weighted by molar-refractivity contribution is -0.125. The van der Waals surface area contributed by atoms with Crippen molar-refractivity contribution in [2.24, 2.45) is 11.8 Å². The molecule has 2 heterocycles. The van der Waals surface area contributed by atoms with Crippen LogP contribution < -0.4 is 10.6 Å². The monoisotopic (exact) mass is 250 g/mol. The largest absolute Gasteiger partial charge is 0.356 e. The molecule has 0 radical (unpaired) electrons. The second-order valence-corrected chi connectivity index (χ2v) is 5.11. The van der Waals surface area contributed by atoms with Gasteiger partial charge in [-0.05, 0) is 31.4 Å². The van der Waals surface area contributed by atoms with Gasteiger partial charge in [0, 0.05) is 32.0 Å². The van der Waals surface area contributed by atoms with E-state index in [1.165, 1.54) is 0 Å². The lowest BCUT2D eigenvalue weighted by atomic mass is 9.91. The number of nitrogens with one attached hydrogen (secondary N) is 2. The minimum atomic E-state index is 0.137. The molecule has 0 bridgehead atoms. The fourth-order valence-electron chi connectivity index (χ4n) is 2.39. The molecule has 1 aromatic heterocycles. The fourth-order valence-corrected chi connectivity index (χ4v) is 2.39. The van der Waals surface area contributed by atoms with Gasteiger partial charge in [-0.3, -0.25) is 9.48 Å². The van der Waals surface area contributed by atoms with Crippen LogP contribution in [0.4, 0.5) is 0 Å². The zero-order valence-electron chi connectivity index (χ0n) is 10.9. The molecule has 1 aliphatic rings. The van der Waals surface area contributed by atoms with Crippen molar-refractivity contribution < 1.29 is 4.79 Å². The Morgan fingerprint density at radius 1 is 1.56 bits per heavy atom. The second-order valence-electron chi connectivity index (χ2n) is 5.11. The highest BCUT2D eigenvalue weighted by molar-refractivity contribution is 5.78. The maximum Gasteiger partial charge on any atom is 0.224 e. The number of aromatic nitrogens is 2. The summed E-state index contributed by atoms with van der Waals surface area (Å²) in [5.74, 6) is 0.923. The molecule has 5 nitrogen and oxygen atoms in total. The summed E-state index contributed by atoms with van der Waals surface area (Å²) in [6, 6.07) is 1.91. The molecule has 1 saturated heterocycles. The van der Waals surface area contributed by atoms with Crippen LogP contribution >= 0.6 is 0 Å². The van der Waals surface area contributed by atoms with Gasteiger partial charge in [-0.1, -0.05) is 6.92 Å². The molecule has 1 aromatic rings. The smallest absolute Gasteiger partial charge is 0.224 e. The SMILES string of the molecule is CC1CNCC(C(=O)NCCCn2cccn2)C1. The molecule has 1 fully saturated rings. The maximum atomic E-state index is 11.9. The van der Waals surface area contributed by atoms with Gasteiger partial charge < -0.3 is 10.6 Å². The third-order valence-corrected chi connectivity index (χ3v) is 3.36. The normalized spacial score (nSPS) is 23.8. The summed E-state index contributed by atoms with van der Waals surface area (Å²) in [5.41, 5.74) is 0. The number of hydrogen-bond donors (Lipinski definition) is 2. The summed E-state index contributed by atoms with van der Waals surface area (Å²) in [5, 5.41) is 10.4. The topological polar surface area (TPSA) is 59.0 Å². The molecule has 0 aromatic carbocycles. The molecule has 2 N–H and O–H groups in total. The second kappa shape index (κ2) is 6.54. The maximum absolute atomic E-state index is 11.9. The Labute approximate surface area is 108 Å². The molecule has 18 heavy (non-hydrogen) atoms. The van der Waals surface area contributed by atoms with Crippen LogP contribution in [0.15, 0.2) is 18.5 Å². The number of rotatable bonds is 5. The number of nitrogens with zero attached hydrogens (tertiary/aromatic N) is 2. The number of aryl methyl sites for hydroxylation is 1. The molecule has 2 atom stereocenters. The van der Waals surface area contributed by atoms with Gasteiger partial charge >= 0.3 is 0 Å². The molecule has 100 valence electrons. The molecule has 2 rings (SSSR count).